The largest absolute Gasteiger partial charge is 0.478 e. The summed E-state index contributed by atoms with van der Waals surface area (Å²) in [5.41, 5.74) is 0.231. The number of aromatic carboxylic acids is 1. The van der Waals surface area contributed by atoms with Crippen LogP contribution in [0.5, 0.6) is 0 Å². The van der Waals surface area contributed by atoms with Crippen molar-refractivity contribution in [2.45, 2.75) is 26.4 Å². The molecule has 1 atom stereocenters. The van der Waals surface area contributed by atoms with E-state index in [0.29, 0.717) is 24.3 Å². The molecular weight excluding hydrogens is 232 g/mol. The average Bonchev–Trinajstić information content (AvgIpc) is 2.71. The molecule has 1 rings (SSSR count). The van der Waals surface area contributed by atoms with Crippen molar-refractivity contribution < 1.29 is 14.3 Å². The van der Waals surface area contributed by atoms with E-state index in [1.807, 2.05) is 14.1 Å². The number of hydrogen-bond acceptors (Lipinski definition) is 4. The highest BCUT2D eigenvalue weighted by Gasteiger charge is 2.17. The SMILES string of the molecule is CC(C)C(CN(C)C)NCc1occc1C(=O)O. The first-order chi connectivity index (χ1) is 8.41. The van der Waals surface area contributed by atoms with Gasteiger partial charge < -0.3 is 19.7 Å². The van der Waals surface area contributed by atoms with Gasteiger partial charge in [0.15, 0.2) is 0 Å². The van der Waals surface area contributed by atoms with Gasteiger partial charge in [-0.05, 0) is 26.1 Å². The fourth-order valence-corrected chi connectivity index (χ4v) is 1.80. The quantitative estimate of drug-likeness (QED) is 0.774. The second-order valence-corrected chi connectivity index (χ2v) is 5.06. The van der Waals surface area contributed by atoms with Crippen LogP contribution in [0.15, 0.2) is 16.7 Å². The van der Waals surface area contributed by atoms with Gasteiger partial charge in [-0.25, -0.2) is 4.79 Å². The Morgan fingerprint density at radius 2 is 2.17 bits per heavy atom. The Balaban J connectivity index is 2.61. The molecule has 0 amide bonds. The van der Waals surface area contributed by atoms with Crippen molar-refractivity contribution >= 4 is 5.97 Å². The van der Waals surface area contributed by atoms with Gasteiger partial charge in [0.25, 0.3) is 0 Å². The van der Waals surface area contributed by atoms with Gasteiger partial charge in [0.05, 0.1) is 12.8 Å². The van der Waals surface area contributed by atoms with E-state index >= 15 is 0 Å². The first kappa shape index (κ1) is 14.7. The Hall–Kier alpha value is -1.33. The maximum atomic E-state index is 10.9. The number of rotatable bonds is 7. The number of hydrogen-bond donors (Lipinski definition) is 2. The Morgan fingerprint density at radius 1 is 1.50 bits per heavy atom. The topological polar surface area (TPSA) is 65.7 Å². The summed E-state index contributed by atoms with van der Waals surface area (Å²) in [5.74, 6) is -0.00296. The molecular formula is C13H22N2O3. The van der Waals surface area contributed by atoms with Crippen LogP contribution >= 0.6 is 0 Å². The Morgan fingerprint density at radius 3 is 2.67 bits per heavy atom. The maximum absolute atomic E-state index is 10.9. The van der Waals surface area contributed by atoms with Crippen LogP contribution in [-0.2, 0) is 6.54 Å². The molecule has 5 heteroatoms. The molecule has 1 unspecified atom stereocenters. The molecule has 0 spiro atoms. The lowest BCUT2D eigenvalue weighted by molar-refractivity contribution is 0.0694. The third-order valence-electron chi connectivity index (χ3n) is 2.87. The molecule has 0 radical (unpaired) electrons. The van der Waals surface area contributed by atoms with E-state index in [2.05, 4.69) is 24.1 Å². The molecule has 0 fully saturated rings. The van der Waals surface area contributed by atoms with Crippen LogP contribution < -0.4 is 5.32 Å². The average molecular weight is 254 g/mol. The molecule has 1 aromatic rings. The van der Waals surface area contributed by atoms with Crippen LogP contribution in [0.3, 0.4) is 0 Å². The molecule has 0 saturated heterocycles. The van der Waals surface area contributed by atoms with E-state index < -0.39 is 5.97 Å². The summed E-state index contributed by atoms with van der Waals surface area (Å²) in [6, 6.07) is 1.78. The van der Waals surface area contributed by atoms with E-state index in [-0.39, 0.29) is 5.56 Å². The van der Waals surface area contributed by atoms with Crippen molar-refractivity contribution in [3.63, 3.8) is 0 Å². The van der Waals surface area contributed by atoms with Gasteiger partial charge in [0, 0.05) is 12.6 Å². The highest BCUT2D eigenvalue weighted by Crippen LogP contribution is 2.11. The van der Waals surface area contributed by atoms with Crippen molar-refractivity contribution in [1.29, 1.82) is 0 Å². The van der Waals surface area contributed by atoms with Crippen molar-refractivity contribution in [3.05, 3.63) is 23.7 Å². The number of nitrogens with one attached hydrogen (secondary N) is 1. The number of carbonyl (C=O) groups is 1. The summed E-state index contributed by atoms with van der Waals surface area (Å²) in [4.78, 5) is 13.1. The van der Waals surface area contributed by atoms with Crippen molar-refractivity contribution in [2.24, 2.45) is 5.92 Å². The third kappa shape index (κ3) is 4.16. The van der Waals surface area contributed by atoms with Crippen LogP contribution in [-0.4, -0.2) is 42.7 Å². The summed E-state index contributed by atoms with van der Waals surface area (Å²) in [6.45, 7) is 5.62. The highest BCUT2D eigenvalue weighted by molar-refractivity contribution is 5.88. The number of carboxylic acids is 1. The van der Waals surface area contributed by atoms with Crippen LogP contribution in [0.25, 0.3) is 0 Å². The molecule has 0 aliphatic rings. The van der Waals surface area contributed by atoms with E-state index in [9.17, 15) is 4.79 Å². The lowest BCUT2D eigenvalue weighted by Gasteiger charge is -2.25. The summed E-state index contributed by atoms with van der Waals surface area (Å²) in [5, 5.41) is 12.3. The fraction of sp³-hybridized carbons (Fsp3) is 0.615. The molecule has 0 aliphatic carbocycles. The molecule has 1 aromatic heterocycles. The molecule has 0 bridgehead atoms. The zero-order valence-electron chi connectivity index (χ0n) is 11.4. The molecule has 0 aromatic carbocycles. The van der Waals surface area contributed by atoms with Gasteiger partial charge in [0.1, 0.15) is 11.3 Å². The second kappa shape index (κ2) is 6.56. The number of furan rings is 1. The third-order valence-corrected chi connectivity index (χ3v) is 2.87. The molecule has 1 heterocycles. The Kier molecular flexibility index (Phi) is 5.37. The zero-order valence-corrected chi connectivity index (χ0v) is 11.4. The molecule has 5 nitrogen and oxygen atoms in total. The minimum Gasteiger partial charge on any atom is -0.478 e. The summed E-state index contributed by atoms with van der Waals surface area (Å²) >= 11 is 0. The van der Waals surface area contributed by atoms with E-state index in [1.54, 1.807) is 0 Å². The fourth-order valence-electron chi connectivity index (χ4n) is 1.80. The second-order valence-electron chi connectivity index (χ2n) is 5.06. The first-order valence-corrected chi connectivity index (χ1v) is 6.09. The standard InChI is InChI=1S/C13H22N2O3/c1-9(2)11(8-15(3)4)14-7-12-10(13(16)17)5-6-18-12/h5-6,9,11,14H,7-8H2,1-4H3,(H,16,17). The van der Waals surface area contributed by atoms with E-state index in [1.165, 1.54) is 12.3 Å². The van der Waals surface area contributed by atoms with Crippen molar-refractivity contribution in [1.82, 2.24) is 10.2 Å². The normalized spacial score (nSPS) is 13.2. The number of carboxylic acid groups (broad SMARTS) is 1. The maximum Gasteiger partial charge on any atom is 0.339 e. The summed E-state index contributed by atoms with van der Waals surface area (Å²) < 4.78 is 5.20. The molecule has 0 aliphatic heterocycles. The van der Waals surface area contributed by atoms with Crippen LogP contribution in [0.1, 0.15) is 30.0 Å². The molecule has 102 valence electrons. The molecule has 18 heavy (non-hydrogen) atoms. The molecule has 0 saturated carbocycles. The predicted molar refractivity (Wildman–Crippen MR) is 69.7 cm³/mol. The van der Waals surface area contributed by atoms with Crippen LogP contribution in [0.4, 0.5) is 0 Å². The van der Waals surface area contributed by atoms with Crippen LogP contribution in [0, 0.1) is 5.92 Å². The predicted octanol–water partition coefficient (Wildman–Crippen LogP) is 1.65. The van der Waals surface area contributed by atoms with E-state index in [4.69, 9.17) is 9.52 Å². The monoisotopic (exact) mass is 254 g/mol. The highest BCUT2D eigenvalue weighted by atomic mass is 16.4. The van der Waals surface area contributed by atoms with Gasteiger partial charge in [-0.15, -0.1) is 0 Å². The van der Waals surface area contributed by atoms with Crippen LogP contribution in [0.2, 0.25) is 0 Å². The number of nitrogens with zero attached hydrogens (tertiary/aromatic N) is 1. The minimum absolute atomic E-state index is 0.231. The Labute approximate surface area is 108 Å². The Bertz CT molecular complexity index is 385. The lowest BCUT2D eigenvalue weighted by Crippen LogP contribution is -2.41. The van der Waals surface area contributed by atoms with Gasteiger partial charge >= 0.3 is 5.97 Å². The van der Waals surface area contributed by atoms with Gasteiger partial charge in [0.2, 0.25) is 0 Å². The van der Waals surface area contributed by atoms with Crippen molar-refractivity contribution in [2.75, 3.05) is 20.6 Å². The van der Waals surface area contributed by atoms with Crippen molar-refractivity contribution in [3.8, 4) is 0 Å². The zero-order chi connectivity index (χ0) is 13.7. The minimum atomic E-state index is -0.950. The first-order valence-electron chi connectivity index (χ1n) is 6.09. The van der Waals surface area contributed by atoms with Gasteiger partial charge in [-0.2, -0.15) is 0 Å². The lowest BCUT2D eigenvalue weighted by atomic mass is 10.0. The summed E-state index contributed by atoms with van der Waals surface area (Å²) in [7, 11) is 4.04. The smallest absolute Gasteiger partial charge is 0.339 e. The summed E-state index contributed by atoms with van der Waals surface area (Å²) in [6.07, 6.45) is 1.41. The van der Waals surface area contributed by atoms with Gasteiger partial charge in [-0.1, -0.05) is 13.8 Å². The molecule has 2 N–H and O–H groups in total. The number of likely N-dealkylation sites (N-methyl/N-ethyl adjacent to an activating group) is 1. The van der Waals surface area contributed by atoms with Gasteiger partial charge in [-0.3, -0.25) is 0 Å². The van der Waals surface area contributed by atoms with E-state index in [0.717, 1.165) is 6.54 Å².